The van der Waals surface area contributed by atoms with Crippen molar-refractivity contribution in [3.05, 3.63) is 11.1 Å². The van der Waals surface area contributed by atoms with Crippen molar-refractivity contribution >= 4 is 21.7 Å². The SMILES string of the molecule is O=C1CC(=C2CCS(=O)(=O)CC2)C(=O)N1. The van der Waals surface area contributed by atoms with Gasteiger partial charge in [0.25, 0.3) is 5.91 Å². The molecule has 0 radical (unpaired) electrons. The first-order valence-corrected chi connectivity index (χ1v) is 6.55. The van der Waals surface area contributed by atoms with E-state index in [1.165, 1.54) is 0 Å². The van der Waals surface area contributed by atoms with Crippen LogP contribution in [-0.2, 0) is 19.4 Å². The molecule has 5 nitrogen and oxygen atoms in total. The molecule has 0 spiro atoms. The van der Waals surface area contributed by atoms with E-state index in [0.29, 0.717) is 18.4 Å². The Morgan fingerprint density at radius 1 is 1.07 bits per heavy atom. The first-order chi connectivity index (χ1) is 6.98. The molecule has 0 aromatic rings. The van der Waals surface area contributed by atoms with Crippen molar-refractivity contribution < 1.29 is 18.0 Å². The molecule has 2 rings (SSSR count). The first kappa shape index (κ1) is 10.4. The first-order valence-electron chi connectivity index (χ1n) is 4.73. The Labute approximate surface area is 87.5 Å². The summed E-state index contributed by atoms with van der Waals surface area (Å²) in [6.45, 7) is 0. The van der Waals surface area contributed by atoms with E-state index in [1.807, 2.05) is 0 Å². The summed E-state index contributed by atoms with van der Waals surface area (Å²) < 4.78 is 22.3. The minimum absolute atomic E-state index is 0.0906. The fourth-order valence-electron chi connectivity index (χ4n) is 1.86. The van der Waals surface area contributed by atoms with E-state index in [2.05, 4.69) is 5.32 Å². The minimum Gasteiger partial charge on any atom is -0.292 e. The van der Waals surface area contributed by atoms with E-state index in [9.17, 15) is 18.0 Å². The summed E-state index contributed by atoms with van der Waals surface area (Å²) in [6.07, 6.45) is 0.880. The Bertz CT molecular complexity index is 445. The molecule has 0 saturated carbocycles. The highest BCUT2D eigenvalue weighted by Gasteiger charge is 2.29. The fraction of sp³-hybridized carbons (Fsp3) is 0.556. The van der Waals surface area contributed by atoms with Gasteiger partial charge in [0.05, 0.1) is 17.9 Å². The Morgan fingerprint density at radius 3 is 2.13 bits per heavy atom. The largest absolute Gasteiger partial charge is 0.292 e. The normalized spacial score (nSPS) is 25.6. The summed E-state index contributed by atoms with van der Waals surface area (Å²) in [6, 6.07) is 0. The number of carbonyl (C=O) groups is 2. The number of allylic oxidation sites excluding steroid dienone is 1. The van der Waals surface area contributed by atoms with Crippen molar-refractivity contribution in [2.45, 2.75) is 19.3 Å². The van der Waals surface area contributed by atoms with Gasteiger partial charge in [-0.1, -0.05) is 5.57 Å². The molecule has 2 aliphatic rings. The van der Waals surface area contributed by atoms with Gasteiger partial charge in [0.1, 0.15) is 0 Å². The molecule has 2 aliphatic heterocycles. The zero-order valence-electron chi connectivity index (χ0n) is 8.08. The van der Waals surface area contributed by atoms with E-state index >= 15 is 0 Å². The van der Waals surface area contributed by atoms with Gasteiger partial charge in [0.15, 0.2) is 9.84 Å². The monoisotopic (exact) mass is 229 g/mol. The highest BCUT2D eigenvalue weighted by molar-refractivity contribution is 7.91. The van der Waals surface area contributed by atoms with Gasteiger partial charge in [-0.05, 0) is 12.8 Å². The van der Waals surface area contributed by atoms with Crippen LogP contribution in [0.2, 0.25) is 0 Å². The summed E-state index contributed by atoms with van der Waals surface area (Å²) in [5.74, 6) is -0.467. The van der Waals surface area contributed by atoms with E-state index in [0.717, 1.165) is 5.57 Å². The lowest BCUT2D eigenvalue weighted by Gasteiger charge is -2.15. The van der Waals surface area contributed by atoms with Crippen LogP contribution in [0, 0.1) is 0 Å². The Balaban J connectivity index is 2.22. The molecule has 0 bridgehead atoms. The van der Waals surface area contributed by atoms with Gasteiger partial charge in [0.2, 0.25) is 5.91 Å². The predicted molar refractivity (Wildman–Crippen MR) is 52.7 cm³/mol. The van der Waals surface area contributed by atoms with Crippen LogP contribution in [0.3, 0.4) is 0 Å². The summed E-state index contributed by atoms with van der Waals surface area (Å²) in [5.41, 5.74) is 1.31. The van der Waals surface area contributed by atoms with Gasteiger partial charge in [-0.15, -0.1) is 0 Å². The third-order valence-corrected chi connectivity index (χ3v) is 4.37. The van der Waals surface area contributed by atoms with Crippen LogP contribution in [-0.4, -0.2) is 31.7 Å². The Morgan fingerprint density at radius 2 is 1.67 bits per heavy atom. The molecule has 15 heavy (non-hydrogen) atoms. The second-order valence-corrected chi connectivity index (χ2v) is 6.09. The molecule has 2 amide bonds. The quantitative estimate of drug-likeness (QED) is 0.450. The molecule has 0 aliphatic carbocycles. The van der Waals surface area contributed by atoms with Crippen molar-refractivity contribution in [3.8, 4) is 0 Å². The van der Waals surface area contributed by atoms with Crippen LogP contribution in [0.4, 0.5) is 0 Å². The number of imide groups is 1. The third-order valence-electron chi connectivity index (χ3n) is 2.72. The average molecular weight is 229 g/mol. The standard InChI is InChI=1S/C9H11NO4S/c11-8-5-7(9(12)10-8)6-1-3-15(13,14)4-2-6/h1-5H2,(H,10,11,12). The van der Waals surface area contributed by atoms with E-state index < -0.39 is 9.84 Å². The number of sulfone groups is 1. The number of rotatable bonds is 0. The van der Waals surface area contributed by atoms with Crippen LogP contribution < -0.4 is 5.32 Å². The maximum atomic E-state index is 11.3. The summed E-state index contributed by atoms with van der Waals surface area (Å²) in [4.78, 5) is 22.3. The molecule has 2 heterocycles. The highest BCUT2D eigenvalue weighted by Crippen LogP contribution is 2.25. The maximum Gasteiger partial charge on any atom is 0.254 e. The van der Waals surface area contributed by atoms with Crippen LogP contribution in [0.5, 0.6) is 0 Å². The van der Waals surface area contributed by atoms with Crippen molar-refractivity contribution in [1.82, 2.24) is 5.32 Å². The predicted octanol–water partition coefficient (Wildman–Crippen LogP) is -0.462. The molecule has 1 N–H and O–H groups in total. The van der Waals surface area contributed by atoms with Crippen LogP contribution >= 0.6 is 0 Å². The molecule has 2 saturated heterocycles. The minimum atomic E-state index is -2.93. The lowest BCUT2D eigenvalue weighted by atomic mass is 10.0. The Hall–Kier alpha value is -1.17. The topological polar surface area (TPSA) is 80.3 Å². The number of nitrogens with one attached hydrogen (secondary N) is 1. The van der Waals surface area contributed by atoms with Crippen molar-refractivity contribution in [2.24, 2.45) is 0 Å². The number of carbonyl (C=O) groups excluding carboxylic acids is 2. The van der Waals surface area contributed by atoms with Crippen molar-refractivity contribution in [1.29, 1.82) is 0 Å². The average Bonchev–Trinajstić information content (AvgIpc) is 2.45. The van der Waals surface area contributed by atoms with E-state index in [4.69, 9.17) is 0 Å². The van der Waals surface area contributed by atoms with Gasteiger partial charge in [0, 0.05) is 5.57 Å². The zero-order chi connectivity index (χ0) is 11.1. The van der Waals surface area contributed by atoms with Crippen LogP contribution in [0.25, 0.3) is 0 Å². The fourth-order valence-corrected chi connectivity index (χ4v) is 3.18. The molecular formula is C9H11NO4S. The van der Waals surface area contributed by atoms with Crippen molar-refractivity contribution in [2.75, 3.05) is 11.5 Å². The zero-order valence-corrected chi connectivity index (χ0v) is 8.89. The molecule has 82 valence electrons. The molecular weight excluding hydrogens is 218 g/mol. The summed E-state index contributed by atoms with van der Waals surface area (Å²) in [7, 11) is -2.93. The number of hydrogen-bond acceptors (Lipinski definition) is 4. The van der Waals surface area contributed by atoms with Crippen LogP contribution in [0.15, 0.2) is 11.1 Å². The maximum absolute atomic E-state index is 11.3. The molecule has 0 atom stereocenters. The number of amides is 2. The van der Waals surface area contributed by atoms with E-state index in [-0.39, 0.29) is 29.7 Å². The van der Waals surface area contributed by atoms with Crippen LogP contribution in [0.1, 0.15) is 19.3 Å². The number of hydrogen-bond donors (Lipinski definition) is 1. The molecule has 0 aromatic heterocycles. The lowest BCUT2D eigenvalue weighted by Crippen LogP contribution is -2.22. The van der Waals surface area contributed by atoms with E-state index in [1.54, 1.807) is 0 Å². The molecule has 0 aromatic carbocycles. The van der Waals surface area contributed by atoms with Gasteiger partial charge in [-0.25, -0.2) is 8.42 Å². The van der Waals surface area contributed by atoms with Crippen molar-refractivity contribution in [3.63, 3.8) is 0 Å². The highest BCUT2D eigenvalue weighted by atomic mass is 32.2. The van der Waals surface area contributed by atoms with Gasteiger partial charge < -0.3 is 0 Å². The van der Waals surface area contributed by atoms with Gasteiger partial charge >= 0.3 is 0 Å². The molecule has 0 unspecified atom stereocenters. The third kappa shape index (κ3) is 2.09. The molecule has 2 fully saturated rings. The second-order valence-electron chi connectivity index (χ2n) is 3.79. The smallest absolute Gasteiger partial charge is 0.254 e. The molecule has 6 heteroatoms. The van der Waals surface area contributed by atoms with Gasteiger partial charge in [-0.3, -0.25) is 14.9 Å². The van der Waals surface area contributed by atoms with Gasteiger partial charge in [-0.2, -0.15) is 0 Å². The summed E-state index contributed by atoms with van der Waals surface area (Å²) in [5, 5.41) is 2.20. The summed E-state index contributed by atoms with van der Waals surface area (Å²) >= 11 is 0. The Kier molecular flexibility index (Phi) is 2.38. The second kappa shape index (κ2) is 3.44. The lowest BCUT2D eigenvalue weighted by molar-refractivity contribution is -0.124.